The number of amides is 1. The van der Waals surface area contributed by atoms with Crippen LogP contribution in [0.1, 0.15) is 17.4 Å². The number of piperazine rings is 2. The highest BCUT2D eigenvalue weighted by atomic mass is 16.2. The van der Waals surface area contributed by atoms with Crippen molar-refractivity contribution in [2.75, 3.05) is 70.9 Å². The van der Waals surface area contributed by atoms with Crippen molar-refractivity contribution in [3.05, 3.63) is 17.8 Å². The third-order valence-electron chi connectivity index (χ3n) is 4.80. The fraction of sp³-hybridized carbons (Fsp3) is 0.688. The second kappa shape index (κ2) is 7.23. The van der Waals surface area contributed by atoms with Gasteiger partial charge in [0.2, 0.25) is 0 Å². The Morgan fingerprint density at radius 2 is 1.70 bits per heavy atom. The predicted octanol–water partition coefficient (Wildman–Crippen LogP) is 0.00610. The van der Waals surface area contributed by atoms with Crippen molar-refractivity contribution in [2.45, 2.75) is 6.92 Å². The molecule has 1 amide bonds. The molecule has 0 aromatic carbocycles. The summed E-state index contributed by atoms with van der Waals surface area (Å²) in [5.74, 6) is 0.864. The predicted molar refractivity (Wildman–Crippen MR) is 89.8 cm³/mol. The second-order valence-electron chi connectivity index (χ2n) is 6.29. The van der Waals surface area contributed by atoms with Crippen LogP contribution in [0.15, 0.2) is 12.1 Å². The van der Waals surface area contributed by atoms with Crippen molar-refractivity contribution in [2.24, 2.45) is 0 Å². The lowest BCUT2D eigenvalue weighted by Gasteiger charge is -2.34. The Morgan fingerprint density at radius 1 is 1.00 bits per heavy atom. The minimum atomic E-state index is -0.00653. The number of rotatable bonds is 3. The molecule has 0 radical (unpaired) electrons. The van der Waals surface area contributed by atoms with Gasteiger partial charge in [0, 0.05) is 52.4 Å². The van der Waals surface area contributed by atoms with Gasteiger partial charge in [-0.1, -0.05) is 6.92 Å². The smallest absolute Gasteiger partial charge is 0.274 e. The molecule has 0 atom stereocenters. The molecule has 2 fully saturated rings. The lowest BCUT2D eigenvalue weighted by Crippen LogP contribution is -2.47. The van der Waals surface area contributed by atoms with Crippen molar-refractivity contribution in [3.8, 4) is 0 Å². The molecule has 23 heavy (non-hydrogen) atoms. The van der Waals surface area contributed by atoms with E-state index in [1.807, 2.05) is 17.0 Å². The van der Waals surface area contributed by atoms with E-state index >= 15 is 0 Å². The summed E-state index contributed by atoms with van der Waals surface area (Å²) in [4.78, 5) is 21.2. The van der Waals surface area contributed by atoms with E-state index in [0.29, 0.717) is 5.69 Å². The Kier molecular flexibility index (Phi) is 5.07. The summed E-state index contributed by atoms with van der Waals surface area (Å²) >= 11 is 0. The fourth-order valence-corrected chi connectivity index (χ4v) is 3.07. The summed E-state index contributed by atoms with van der Waals surface area (Å²) in [5.41, 5.74) is 0.450. The molecule has 3 heterocycles. The van der Waals surface area contributed by atoms with E-state index < -0.39 is 0 Å². The van der Waals surface area contributed by atoms with Crippen LogP contribution in [-0.2, 0) is 0 Å². The quantitative estimate of drug-likeness (QED) is 0.782. The van der Waals surface area contributed by atoms with Gasteiger partial charge in [0.1, 0.15) is 0 Å². The first-order chi connectivity index (χ1) is 11.2. The van der Waals surface area contributed by atoms with Gasteiger partial charge in [-0.2, -0.15) is 0 Å². The number of aromatic nitrogens is 2. The topological polar surface area (TPSA) is 55.8 Å². The number of hydrogen-bond donors (Lipinski definition) is 0. The van der Waals surface area contributed by atoms with Crippen LogP contribution in [0.5, 0.6) is 0 Å². The summed E-state index contributed by atoms with van der Waals surface area (Å²) in [6.45, 7) is 10.7. The monoisotopic (exact) mass is 318 g/mol. The minimum Gasteiger partial charge on any atom is -0.353 e. The zero-order chi connectivity index (χ0) is 16.2. The van der Waals surface area contributed by atoms with E-state index in [4.69, 9.17) is 0 Å². The van der Waals surface area contributed by atoms with Gasteiger partial charge in [-0.15, -0.1) is 10.2 Å². The van der Waals surface area contributed by atoms with Crippen LogP contribution in [0.25, 0.3) is 0 Å². The number of likely N-dealkylation sites (N-methyl/N-ethyl adjacent to an activating group) is 2. The first-order valence-electron chi connectivity index (χ1n) is 8.46. The zero-order valence-electron chi connectivity index (χ0n) is 14.1. The summed E-state index contributed by atoms with van der Waals surface area (Å²) in [6, 6.07) is 3.74. The van der Waals surface area contributed by atoms with Crippen LogP contribution >= 0.6 is 0 Å². The lowest BCUT2D eigenvalue weighted by molar-refractivity contribution is 0.0657. The molecule has 1 aromatic rings. The van der Waals surface area contributed by atoms with E-state index in [1.54, 1.807) is 0 Å². The highest BCUT2D eigenvalue weighted by molar-refractivity contribution is 5.92. The molecule has 7 heteroatoms. The molecule has 2 aliphatic rings. The summed E-state index contributed by atoms with van der Waals surface area (Å²) < 4.78 is 0. The van der Waals surface area contributed by atoms with Crippen molar-refractivity contribution >= 4 is 11.7 Å². The largest absolute Gasteiger partial charge is 0.353 e. The Morgan fingerprint density at radius 3 is 2.26 bits per heavy atom. The molecule has 0 spiro atoms. The Bertz CT molecular complexity index is 518. The summed E-state index contributed by atoms with van der Waals surface area (Å²) in [5, 5.41) is 8.46. The van der Waals surface area contributed by atoms with E-state index in [2.05, 4.69) is 38.9 Å². The Hall–Kier alpha value is -1.73. The molecule has 0 aliphatic carbocycles. The maximum absolute atomic E-state index is 12.5. The van der Waals surface area contributed by atoms with E-state index in [0.717, 1.165) is 64.7 Å². The minimum absolute atomic E-state index is 0.00653. The van der Waals surface area contributed by atoms with Crippen LogP contribution in [-0.4, -0.2) is 96.8 Å². The van der Waals surface area contributed by atoms with Crippen molar-refractivity contribution in [1.82, 2.24) is 24.9 Å². The van der Waals surface area contributed by atoms with E-state index in [9.17, 15) is 4.79 Å². The fourth-order valence-electron chi connectivity index (χ4n) is 3.07. The van der Waals surface area contributed by atoms with E-state index in [-0.39, 0.29) is 5.91 Å². The Labute approximate surface area is 137 Å². The molecule has 3 rings (SSSR count). The van der Waals surface area contributed by atoms with Gasteiger partial charge in [0.15, 0.2) is 11.5 Å². The summed E-state index contributed by atoms with van der Waals surface area (Å²) in [7, 11) is 2.08. The van der Waals surface area contributed by atoms with Gasteiger partial charge in [-0.25, -0.2) is 0 Å². The molecule has 0 saturated carbocycles. The molecule has 1 aromatic heterocycles. The molecular weight excluding hydrogens is 292 g/mol. The third kappa shape index (κ3) is 3.79. The molecule has 7 nitrogen and oxygen atoms in total. The van der Waals surface area contributed by atoms with Gasteiger partial charge in [0.25, 0.3) is 5.91 Å². The van der Waals surface area contributed by atoms with Crippen LogP contribution in [0.3, 0.4) is 0 Å². The molecule has 2 saturated heterocycles. The normalized spacial score (nSPS) is 20.8. The average Bonchev–Trinajstić information content (AvgIpc) is 2.62. The van der Waals surface area contributed by atoms with Crippen LogP contribution in [0.2, 0.25) is 0 Å². The SMILES string of the molecule is CCN1CCN(c2ccc(C(=O)N3CCN(C)CC3)nn2)CC1. The number of carbonyl (C=O) groups is 1. The number of nitrogens with zero attached hydrogens (tertiary/aromatic N) is 6. The van der Waals surface area contributed by atoms with Crippen LogP contribution < -0.4 is 4.90 Å². The third-order valence-corrected chi connectivity index (χ3v) is 4.80. The van der Waals surface area contributed by atoms with Crippen molar-refractivity contribution in [3.63, 3.8) is 0 Å². The average molecular weight is 318 g/mol. The number of hydrogen-bond acceptors (Lipinski definition) is 6. The lowest BCUT2D eigenvalue weighted by atomic mass is 10.2. The Balaban J connectivity index is 1.60. The van der Waals surface area contributed by atoms with Crippen LogP contribution in [0.4, 0.5) is 5.82 Å². The first kappa shape index (κ1) is 16.1. The zero-order valence-corrected chi connectivity index (χ0v) is 14.1. The second-order valence-corrected chi connectivity index (χ2v) is 6.29. The molecular formula is C16H26N6O. The van der Waals surface area contributed by atoms with Crippen molar-refractivity contribution < 1.29 is 4.79 Å². The number of carbonyl (C=O) groups excluding carboxylic acids is 1. The molecule has 0 bridgehead atoms. The molecule has 0 unspecified atom stereocenters. The molecule has 126 valence electrons. The first-order valence-corrected chi connectivity index (χ1v) is 8.46. The van der Waals surface area contributed by atoms with Crippen molar-refractivity contribution in [1.29, 1.82) is 0 Å². The summed E-state index contributed by atoms with van der Waals surface area (Å²) in [6.07, 6.45) is 0. The number of anilines is 1. The molecule has 2 aliphatic heterocycles. The van der Waals surface area contributed by atoms with Gasteiger partial charge in [-0.3, -0.25) is 4.79 Å². The van der Waals surface area contributed by atoms with Gasteiger partial charge < -0.3 is 19.6 Å². The van der Waals surface area contributed by atoms with Gasteiger partial charge >= 0.3 is 0 Å². The highest BCUT2D eigenvalue weighted by Gasteiger charge is 2.22. The highest BCUT2D eigenvalue weighted by Crippen LogP contribution is 2.14. The van der Waals surface area contributed by atoms with Gasteiger partial charge in [-0.05, 0) is 25.7 Å². The van der Waals surface area contributed by atoms with Gasteiger partial charge in [0.05, 0.1) is 0 Å². The maximum atomic E-state index is 12.5. The maximum Gasteiger partial charge on any atom is 0.274 e. The standard InChI is InChI=1S/C16H26N6O/c1-3-20-8-12-21(13-9-20)15-5-4-14(17-18-15)16(23)22-10-6-19(2)7-11-22/h4-5H,3,6-13H2,1-2H3. The molecule has 0 N–H and O–H groups in total. The van der Waals surface area contributed by atoms with E-state index in [1.165, 1.54) is 0 Å². The van der Waals surface area contributed by atoms with Crippen LogP contribution in [0, 0.1) is 0 Å².